The lowest BCUT2D eigenvalue weighted by molar-refractivity contribution is 0.0697. The van der Waals surface area contributed by atoms with Crippen molar-refractivity contribution in [2.45, 2.75) is 13.3 Å². The zero-order valence-electron chi connectivity index (χ0n) is 11.2. The number of rotatable bonds is 6. The summed E-state index contributed by atoms with van der Waals surface area (Å²) in [7, 11) is -0.871. The molecule has 0 heterocycles. The third kappa shape index (κ3) is 3.24. The summed E-state index contributed by atoms with van der Waals surface area (Å²) in [5, 5.41) is 9.15. The summed E-state index contributed by atoms with van der Waals surface area (Å²) in [6.07, 6.45) is 0.584. The minimum absolute atomic E-state index is 0.0265. The molecule has 0 saturated carbocycles. The van der Waals surface area contributed by atoms with Crippen LogP contribution in [0, 0.1) is 0 Å². The van der Waals surface area contributed by atoms with Crippen molar-refractivity contribution in [2.75, 3.05) is 24.9 Å². The van der Waals surface area contributed by atoms with Crippen LogP contribution in [-0.4, -0.2) is 44.4 Å². The van der Waals surface area contributed by atoms with E-state index in [1.54, 1.807) is 12.1 Å². The lowest BCUT2D eigenvalue weighted by atomic mass is 10.2. The topological polar surface area (TPSA) is 77.9 Å². The van der Waals surface area contributed by atoms with Gasteiger partial charge in [-0.25, -0.2) is 4.79 Å². The van der Waals surface area contributed by atoms with Crippen LogP contribution in [0.3, 0.4) is 0 Å². The molecule has 106 valence electrons. The Hall–Kier alpha value is -1.60. The van der Waals surface area contributed by atoms with Crippen molar-refractivity contribution in [1.29, 1.82) is 0 Å². The van der Waals surface area contributed by atoms with Crippen molar-refractivity contribution >= 4 is 21.9 Å². The first kappa shape index (κ1) is 15.5. The van der Waals surface area contributed by atoms with Gasteiger partial charge in [0.2, 0.25) is 0 Å². The van der Waals surface area contributed by atoms with E-state index in [0.717, 1.165) is 8.61 Å². The summed E-state index contributed by atoms with van der Waals surface area (Å²) < 4.78 is 26.7. The smallest absolute Gasteiger partial charge is 0.337 e. The number of hydrogen-bond donors (Lipinski definition) is 1. The van der Waals surface area contributed by atoms with Gasteiger partial charge in [0.1, 0.15) is 0 Å². The minimum Gasteiger partial charge on any atom is -0.478 e. The van der Waals surface area contributed by atoms with Crippen LogP contribution >= 0.6 is 0 Å². The van der Waals surface area contributed by atoms with E-state index in [1.807, 2.05) is 6.92 Å². The second-order valence-corrected chi connectivity index (χ2v) is 6.25. The highest BCUT2D eigenvalue weighted by atomic mass is 32.2. The molecule has 0 aliphatic carbocycles. The predicted molar refractivity (Wildman–Crippen MR) is 73.6 cm³/mol. The van der Waals surface area contributed by atoms with Gasteiger partial charge in [-0.15, -0.1) is 0 Å². The average molecular weight is 286 g/mol. The number of carboxylic acid groups (broad SMARTS) is 1. The van der Waals surface area contributed by atoms with Gasteiger partial charge < -0.3 is 5.11 Å². The molecule has 0 aliphatic rings. The van der Waals surface area contributed by atoms with Gasteiger partial charge in [0, 0.05) is 20.6 Å². The molecule has 1 aromatic rings. The first-order valence-corrected chi connectivity index (χ1v) is 7.24. The molecule has 0 unspecified atom stereocenters. The lowest BCUT2D eigenvalue weighted by Crippen LogP contribution is -2.41. The first-order valence-electron chi connectivity index (χ1n) is 5.84. The molecular weight excluding hydrogens is 268 g/mol. The number of anilines is 1. The van der Waals surface area contributed by atoms with Gasteiger partial charge in [0.15, 0.2) is 0 Å². The Bertz CT molecular complexity index is 555. The number of carboxylic acids is 1. The molecule has 19 heavy (non-hydrogen) atoms. The van der Waals surface area contributed by atoms with Crippen LogP contribution in [0.15, 0.2) is 24.3 Å². The molecule has 6 nitrogen and oxygen atoms in total. The maximum absolute atomic E-state index is 12.3. The molecule has 0 saturated heterocycles. The van der Waals surface area contributed by atoms with Crippen LogP contribution < -0.4 is 4.31 Å². The van der Waals surface area contributed by atoms with Gasteiger partial charge in [-0.05, 0) is 18.6 Å². The highest BCUT2D eigenvalue weighted by molar-refractivity contribution is 7.90. The molecule has 0 atom stereocenters. The van der Waals surface area contributed by atoms with Crippen molar-refractivity contribution in [1.82, 2.24) is 4.31 Å². The van der Waals surface area contributed by atoms with Gasteiger partial charge in [-0.1, -0.05) is 19.1 Å². The molecule has 0 aliphatic heterocycles. The van der Waals surface area contributed by atoms with Gasteiger partial charge in [0.25, 0.3) is 0 Å². The number of hydrogen-bond acceptors (Lipinski definition) is 3. The standard InChI is InChI=1S/C12H18N2O4S/c1-4-9-14(19(17,18)13(2)3)11-8-6-5-7-10(11)12(15)16/h5-8H,4,9H2,1-3H3,(H,15,16). The fourth-order valence-corrected chi connectivity index (χ4v) is 2.85. The SMILES string of the molecule is CCCN(c1ccccc1C(=O)O)S(=O)(=O)N(C)C. The van der Waals surface area contributed by atoms with Crippen LogP contribution in [0.1, 0.15) is 23.7 Å². The molecule has 0 radical (unpaired) electrons. The van der Waals surface area contributed by atoms with Crippen molar-refractivity contribution in [3.05, 3.63) is 29.8 Å². The van der Waals surface area contributed by atoms with E-state index < -0.39 is 16.2 Å². The summed E-state index contributed by atoms with van der Waals surface area (Å²) >= 11 is 0. The first-order chi connectivity index (χ1) is 8.82. The molecule has 1 aromatic carbocycles. The van der Waals surface area contributed by atoms with Crippen molar-refractivity contribution in [2.24, 2.45) is 0 Å². The highest BCUT2D eigenvalue weighted by Gasteiger charge is 2.27. The molecule has 1 N–H and O–H groups in total. The largest absolute Gasteiger partial charge is 0.478 e. The third-order valence-corrected chi connectivity index (χ3v) is 4.43. The molecule has 0 amide bonds. The molecule has 0 fully saturated rings. The van der Waals surface area contributed by atoms with Gasteiger partial charge >= 0.3 is 16.2 Å². The van der Waals surface area contributed by atoms with Crippen molar-refractivity contribution in [3.63, 3.8) is 0 Å². The van der Waals surface area contributed by atoms with Crippen LogP contribution in [-0.2, 0) is 10.2 Å². The summed E-state index contributed by atoms with van der Waals surface area (Å²) in [6, 6.07) is 6.08. The molecule has 7 heteroatoms. The Morgan fingerprint density at radius 3 is 2.32 bits per heavy atom. The number of para-hydroxylation sites is 1. The number of benzene rings is 1. The van der Waals surface area contributed by atoms with Gasteiger partial charge in [0.05, 0.1) is 11.3 Å². The predicted octanol–water partition coefficient (Wildman–Crippen LogP) is 1.41. The number of carbonyl (C=O) groups is 1. The third-order valence-electron chi connectivity index (χ3n) is 2.57. The second-order valence-electron chi connectivity index (χ2n) is 4.18. The number of nitrogens with zero attached hydrogens (tertiary/aromatic N) is 2. The van der Waals surface area contributed by atoms with E-state index in [0.29, 0.717) is 6.42 Å². The molecule has 0 spiro atoms. The van der Waals surface area contributed by atoms with Crippen LogP contribution in [0.25, 0.3) is 0 Å². The normalized spacial score (nSPS) is 11.6. The Morgan fingerprint density at radius 2 is 1.84 bits per heavy atom. The Kier molecular flexibility index (Phi) is 4.90. The van der Waals surface area contributed by atoms with Crippen LogP contribution in [0.2, 0.25) is 0 Å². The van der Waals surface area contributed by atoms with Gasteiger partial charge in [-0.2, -0.15) is 12.7 Å². The summed E-state index contributed by atoms with van der Waals surface area (Å²) in [4.78, 5) is 11.2. The second kappa shape index (κ2) is 6.03. The minimum atomic E-state index is -3.71. The van der Waals surface area contributed by atoms with E-state index in [1.165, 1.54) is 26.2 Å². The van der Waals surface area contributed by atoms with E-state index >= 15 is 0 Å². The zero-order valence-corrected chi connectivity index (χ0v) is 12.0. The highest BCUT2D eigenvalue weighted by Crippen LogP contribution is 2.24. The van der Waals surface area contributed by atoms with Gasteiger partial charge in [-0.3, -0.25) is 4.31 Å². The summed E-state index contributed by atoms with van der Waals surface area (Å²) in [6.45, 7) is 2.06. The monoisotopic (exact) mass is 286 g/mol. The van der Waals surface area contributed by atoms with Crippen molar-refractivity contribution in [3.8, 4) is 0 Å². The van der Waals surface area contributed by atoms with E-state index in [9.17, 15) is 13.2 Å². The maximum Gasteiger partial charge on any atom is 0.337 e. The van der Waals surface area contributed by atoms with E-state index in [4.69, 9.17) is 5.11 Å². The quantitative estimate of drug-likeness (QED) is 0.857. The Balaban J connectivity index is 3.40. The Labute approximate surface area is 113 Å². The Morgan fingerprint density at radius 1 is 1.26 bits per heavy atom. The van der Waals surface area contributed by atoms with E-state index in [2.05, 4.69) is 0 Å². The summed E-state index contributed by atoms with van der Waals surface area (Å²) in [5.74, 6) is -1.15. The van der Waals surface area contributed by atoms with E-state index in [-0.39, 0.29) is 17.8 Å². The average Bonchev–Trinajstić information content (AvgIpc) is 2.35. The maximum atomic E-state index is 12.3. The van der Waals surface area contributed by atoms with Crippen molar-refractivity contribution < 1.29 is 18.3 Å². The summed E-state index contributed by atoms with van der Waals surface area (Å²) in [5.41, 5.74) is 0.159. The zero-order chi connectivity index (χ0) is 14.6. The molecule has 0 aromatic heterocycles. The lowest BCUT2D eigenvalue weighted by Gasteiger charge is -2.28. The molecule has 1 rings (SSSR count). The number of aromatic carboxylic acids is 1. The fourth-order valence-electron chi connectivity index (χ4n) is 1.63. The van der Waals surface area contributed by atoms with Crippen LogP contribution in [0.5, 0.6) is 0 Å². The van der Waals surface area contributed by atoms with Crippen LogP contribution in [0.4, 0.5) is 5.69 Å². The molecular formula is C12H18N2O4S. The molecule has 0 bridgehead atoms. The fraction of sp³-hybridized carbons (Fsp3) is 0.417.